The highest BCUT2D eigenvalue weighted by atomic mass is 32.1. The maximum absolute atomic E-state index is 12.0. The third-order valence-electron chi connectivity index (χ3n) is 3.81. The number of nitrogens with zero attached hydrogens (tertiary/aromatic N) is 1. The molecule has 3 N–H and O–H groups in total. The second-order valence-corrected chi connectivity index (χ2v) is 7.26. The largest absolute Gasteiger partial charge is 0.383 e. The van der Waals surface area contributed by atoms with E-state index in [2.05, 4.69) is 16.7 Å². The van der Waals surface area contributed by atoms with Gasteiger partial charge < -0.3 is 20.6 Å². The van der Waals surface area contributed by atoms with Gasteiger partial charge in [-0.3, -0.25) is 0 Å². The van der Waals surface area contributed by atoms with Gasteiger partial charge in [0.2, 0.25) is 0 Å². The van der Waals surface area contributed by atoms with E-state index in [0.29, 0.717) is 6.54 Å². The maximum Gasteiger partial charge on any atom is 0.315 e. The Morgan fingerprint density at radius 1 is 1.29 bits per heavy atom. The number of anilines is 1. The van der Waals surface area contributed by atoms with Gasteiger partial charge in [0.05, 0.1) is 6.54 Å². The molecule has 1 unspecified atom stereocenters. The van der Waals surface area contributed by atoms with Crippen molar-refractivity contribution in [2.24, 2.45) is 0 Å². The monoisotopic (exact) mass is 347 g/mol. The van der Waals surface area contributed by atoms with Crippen LogP contribution in [0.5, 0.6) is 0 Å². The predicted molar refractivity (Wildman–Crippen MR) is 99.6 cm³/mol. The van der Waals surface area contributed by atoms with Crippen LogP contribution in [0, 0.1) is 6.92 Å². The molecule has 130 valence electrons. The first-order valence-corrected chi connectivity index (χ1v) is 8.72. The average molecular weight is 347 g/mol. The van der Waals surface area contributed by atoms with E-state index in [1.54, 1.807) is 6.92 Å². The van der Waals surface area contributed by atoms with Crippen LogP contribution in [0.15, 0.2) is 35.7 Å². The lowest BCUT2D eigenvalue weighted by Gasteiger charge is -2.23. The van der Waals surface area contributed by atoms with E-state index in [0.717, 1.165) is 16.1 Å². The molecule has 2 amide bonds. The second-order valence-electron chi connectivity index (χ2n) is 6.31. The van der Waals surface area contributed by atoms with Crippen LogP contribution in [-0.4, -0.2) is 31.8 Å². The molecule has 1 aromatic carbocycles. The summed E-state index contributed by atoms with van der Waals surface area (Å²) in [4.78, 5) is 14.9. The number of urea groups is 1. The van der Waals surface area contributed by atoms with Crippen LogP contribution >= 0.6 is 11.3 Å². The number of hydrogen-bond acceptors (Lipinski definition) is 4. The van der Waals surface area contributed by atoms with Gasteiger partial charge in [-0.05, 0) is 42.5 Å². The van der Waals surface area contributed by atoms with Gasteiger partial charge in [0, 0.05) is 31.2 Å². The number of thiophene rings is 1. The number of carbonyl (C=O) groups excluding carboxylic acids is 1. The van der Waals surface area contributed by atoms with Crippen LogP contribution in [0.2, 0.25) is 0 Å². The molecule has 0 radical (unpaired) electrons. The first-order chi connectivity index (χ1) is 11.3. The Kier molecular flexibility index (Phi) is 5.85. The fourth-order valence-electron chi connectivity index (χ4n) is 2.40. The standard InChI is InChI=1S/C18H25N3O2S/c1-13-7-8-14(15(10-13)21(3)4)11-19-17(22)20-12-18(2,23)16-6-5-9-24-16/h5-10,23H,11-12H2,1-4H3,(H2,19,20,22). The number of nitrogens with one attached hydrogen (secondary N) is 2. The smallest absolute Gasteiger partial charge is 0.315 e. The molecule has 6 heteroatoms. The van der Waals surface area contributed by atoms with Gasteiger partial charge in [-0.1, -0.05) is 18.2 Å². The Labute approximate surface area is 147 Å². The molecule has 0 saturated carbocycles. The lowest BCUT2D eigenvalue weighted by Crippen LogP contribution is -2.43. The molecule has 1 aromatic heterocycles. The molecule has 2 rings (SSSR count). The third-order valence-corrected chi connectivity index (χ3v) is 4.93. The second kappa shape index (κ2) is 7.68. The summed E-state index contributed by atoms with van der Waals surface area (Å²) in [5, 5.41) is 17.9. The summed E-state index contributed by atoms with van der Waals surface area (Å²) in [5.74, 6) is 0. The molecule has 5 nitrogen and oxygen atoms in total. The molecule has 1 atom stereocenters. The number of aliphatic hydroxyl groups is 1. The highest BCUT2D eigenvalue weighted by molar-refractivity contribution is 7.10. The summed E-state index contributed by atoms with van der Waals surface area (Å²) in [6.07, 6.45) is 0. The first-order valence-electron chi connectivity index (χ1n) is 7.84. The van der Waals surface area contributed by atoms with E-state index in [-0.39, 0.29) is 12.6 Å². The quantitative estimate of drug-likeness (QED) is 0.753. The van der Waals surface area contributed by atoms with E-state index >= 15 is 0 Å². The lowest BCUT2D eigenvalue weighted by molar-refractivity contribution is 0.0631. The molecule has 0 bridgehead atoms. The van der Waals surface area contributed by atoms with Crippen LogP contribution in [0.4, 0.5) is 10.5 Å². The van der Waals surface area contributed by atoms with E-state index in [1.807, 2.05) is 55.6 Å². The van der Waals surface area contributed by atoms with E-state index in [1.165, 1.54) is 16.9 Å². The summed E-state index contributed by atoms with van der Waals surface area (Å²) >= 11 is 1.47. The minimum Gasteiger partial charge on any atom is -0.383 e. The molecule has 24 heavy (non-hydrogen) atoms. The van der Waals surface area contributed by atoms with Gasteiger partial charge in [-0.2, -0.15) is 0 Å². The average Bonchev–Trinajstić information content (AvgIpc) is 3.07. The molecule has 1 heterocycles. The molecule has 0 aliphatic carbocycles. The van der Waals surface area contributed by atoms with Gasteiger partial charge in [0.15, 0.2) is 0 Å². The number of carbonyl (C=O) groups is 1. The van der Waals surface area contributed by atoms with Crippen molar-refractivity contribution in [1.29, 1.82) is 0 Å². The van der Waals surface area contributed by atoms with Crippen molar-refractivity contribution in [3.05, 3.63) is 51.7 Å². The highest BCUT2D eigenvalue weighted by Gasteiger charge is 2.24. The minimum absolute atomic E-state index is 0.160. The van der Waals surface area contributed by atoms with Crippen molar-refractivity contribution < 1.29 is 9.90 Å². The molecule has 0 fully saturated rings. The van der Waals surface area contributed by atoms with Crippen molar-refractivity contribution in [2.75, 3.05) is 25.5 Å². The number of hydrogen-bond donors (Lipinski definition) is 3. The summed E-state index contributed by atoms with van der Waals surface area (Å²) in [7, 11) is 3.97. The zero-order chi connectivity index (χ0) is 17.7. The summed E-state index contributed by atoms with van der Waals surface area (Å²) in [6.45, 7) is 4.33. The van der Waals surface area contributed by atoms with Gasteiger partial charge in [-0.15, -0.1) is 11.3 Å². The fraction of sp³-hybridized carbons (Fsp3) is 0.389. The third kappa shape index (κ3) is 4.72. The first kappa shape index (κ1) is 18.3. The highest BCUT2D eigenvalue weighted by Crippen LogP contribution is 2.24. The SMILES string of the molecule is Cc1ccc(CNC(=O)NCC(C)(O)c2cccs2)c(N(C)C)c1. The maximum atomic E-state index is 12.0. The van der Waals surface area contributed by atoms with E-state index in [9.17, 15) is 9.90 Å². The van der Waals surface area contributed by atoms with Crippen LogP contribution in [-0.2, 0) is 12.1 Å². The Balaban J connectivity index is 1.90. The topological polar surface area (TPSA) is 64.6 Å². The minimum atomic E-state index is -1.07. The molecular weight excluding hydrogens is 322 g/mol. The van der Waals surface area contributed by atoms with Crippen LogP contribution < -0.4 is 15.5 Å². The Morgan fingerprint density at radius 2 is 2.04 bits per heavy atom. The molecule has 2 aromatic rings. The summed E-state index contributed by atoms with van der Waals surface area (Å²) < 4.78 is 0. The number of aryl methyl sites for hydroxylation is 1. The zero-order valence-electron chi connectivity index (χ0n) is 14.6. The van der Waals surface area contributed by atoms with Gasteiger partial charge in [0.1, 0.15) is 5.60 Å². The zero-order valence-corrected chi connectivity index (χ0v) is 15.4. The van der Waals surface area contributed by atoms with E-state index < -0.39 is 5.60 Å². The lowest BCUT2D eigenvalue weighted by atomic mass is 10.1. The number of benzene rings is 1. The molecule has 0 aliphatic heterocycles. The summed E-state index contributed by atoms with van der Waals surface area (Å²) in [5.41, 5.74) is 2.25. The van der Waals surface area contributed by atoms with Gasteiger partial charge >= 0.3 is 6.03 Å². The molecule has 0 aliphatic rings. The van der Waals surface area contributed by atoms with E-state index in [4.69, 9.17) is 0 Å². The van der Waals surface area contributed by atoms with Crippen molar-refractivity contribution in [1.82, 2.24) is 10.6 Å². The van der Waals surface area contributed by atoms with Crippen LogP contribution in [0.25, 0.3) is 0 Å². The summed E-state index contributed by atoms with van der Waals surface area (Å²) in [6, 6.07) is 9.60. The van der Waals surface area contributed by atoms with Gasteiger partial charge in [-0.25, -0.2) is 4.79 Å². The van der Waals surface area contributed by atoms with Crippen LogP contribution in [0.3, 0.4) is 0 Å². The Morgan fingerprint density at radius 3 is 2.67 bits per heavy atom. The van der Waals surface area contributed by atoms with Crippen molar-refractivity contribution in [2.45, 2.75) is 26.0 Å². The number of amides is 2. The molecular formula is C18H25N3O2S. The Bertz CT molecular complexity index is 682. The van der Waals surface area contributed by atoms with Crippen molar-refractivity contribution >= 4 is 23.1 Å². The fourth-order valence-corrected chi connectivity index (χ4v) is 3.19. The van der Waals surface area contributed by atoms with Gasteiger partial charge in [0.25, 0.3) is 0 Å². The Hall–Kier alpha value is -2.05. The van der Waals surface area contributed by atoms with Crippen LogP contribution in [0.1, 0.15) is 22.9 Å². The predicted octanol–water partition coefficient (Wildman–Crippen LogP) is 2.83. The molecule has 0 saturated heterocycles. The van der Waals surface area contributed by atoms with Crippen molar-refractivity contribution in [3.63, 3.8) is 0 Å². The van der Waals surface area contributed by atoms with Crippen molar-refractivity contribution in [3.8, 4) is 0 Å². The molecule has 0 spiro atoms. The number of rotatable bonds is 6. The normalized spacial score (nSPS) is 13.2.